The molecule has 0 spiro atoms. The summed E-state index contributed by atoms with van der Waals surface area (Å²) in [5, 5.41) is 8.76. The van der Waals surface area contributed by atoms with Crippen molar-refractivity contribution in [1.82, 2.24) is 4.90 Å². The maximum absolute atomic E-state index is 13.4. The van der Waals surface area contributed by atoms with Crippen LogP contribution in [-0.2, 0) is 0 Å². The number of carbonyl (C=O) groups is 1. The van der Waals surface area contributed by atoms with Gasteiger partial charge < -0.3 is 10.0 Å². The third-order valence-electron chi connectivity index (χ3n) is 3.64. The molecular formula is C17H20FNO2. The fourth-order valence-corrected chi connectivity index (χ4v) is 2.48. The Morgan fingerprint density at radius 3 is 2.86 bits per heavy atom. The summed E-state index contributed by atoms with van der Waals surface area (Å²) in [4.78, 5) is 14.4. The van der Waals surface area contributed by atoms with Crippen molar-refractivity contribution in [1.29, 1.82) is 0 Å². The molecule has 1 amide bonds. The van der Waals surface area contributed by atoms with Crippen LogP contribution in [0.2, 0.25) is 0 Å². The van der Waals surface area contributed by atoms with E-state index in [1.54, 1.807) is 4.90 Å². The Bertz CT molecular complexity index is 599. The van der Waals surface area contributed by atoms with Crippen LogP contribution in [0.25, 0.3) is 0 Å². The Morgan fingerprint density at radius 2 is 2.24 bits per heavy atom. The second-order valence-corrected chi connectivity index (χ2v) is 6.11. The minimum Gasteiger partial charge on any atom is -0.395 e. The normalized spacial score (nSPS) is 16.5. The third-order valence-corrected chi connectivity index (χ3v) is 3.64. The lowest BCUT2D eigenvalue weighted by molar-refractivity contribution is 0.0778. The number of aliphatic hydroxyl groups excluding tert-OH is 1. The Hall–Kier alpha value is -1.86. The molecule has 2 rings (SSSR count). The van der Waals surface area contributed by atoms with E-state index in [1.807, 2.05) is 0 Å². The highest BCUT2D eigenvalue weighted by molar-refractivity contribution is 5.97. The molecule has 0 aromatic heterocycles. The number of halogens is 1. The van der Waals surface area contributed by atoms with E-state index < -0.39 is 5.82 Å². The van der Waals surface area contributed by atoms with Gasteiger partial charge in [0.05, 0.1) is 12.2 Å². The van der Waals surface area contributed by atoms with E-state index in [4.69, 9.17) is 5.11 Å². The molecule has 1 heterocycles. The lowest BCUT2D eigenvalue weighted by Crippen LogP contribution is -2.30. The Labute approximate surface area is 124 Å². The van der Waals surface area contributed by atoms with Crippen molar-refractivity contribution in [2.24, 2.45) is 5.41 Å². The second-order valence-electron chi connectivity index (χ2n) is 6.11. The zero-order valence-corrected chi connectivity index (χ0v) is 12.4. The average molecular weight is 289 g/mol. The molecule has 112 valence electrons. The number of hydrogen-bond donors (Lipinski definition) is 1. The number of nitrogens with zero attached hydrogens (tertiary/aromatic N) is 1. The summed E-state index contributed by atoms with van der Waals surface area (Å²) in [6.45, 7) is 5.63. The van der Waals surface area contributed by atoms with Crippen LogP contribution in [-0.4, -0.2) is 35.6 Å². The maximum atomic E-state index is 13.4. The molecule has 1 N–H and O–H groups in total. The molecule has 0 atom stereocenters. The topological polar surface area (TPSA) is 40.5 Å². The van der Waals surface area contributed by atoms with Crippen molar-refractivity contribution in [3.05, 3.63) is 35.1 Å². The minimum atomic E-state index is -0.415. The molecule has 0 bridgehead atoms. The first-order chi connectivity index (χ1) is 9.93. The fraction of sp³-hybridized carbons (Fsp3) is 0.471. The van der Waals surface area contributed by atoms with E-state index in [0.29, 0.717) is 30.6 Å². The average Bonchev–Trinajstić information content (AvgIpc) is 2.79. The highest BCUT2D eigenvalue weighted by atomic mass is 19.1. The van der Waals surface area contributed by atoms with Gasteiger partial charge in [0.2, 0.25) is 0 Å². The smallest absolute Gasteiger partial charge is 0.255 e. The first kappa shape index (κ1) is 15.5. The predicted octanol–water partition coefficient (Wildman–Crippen LogP) is 2.43. The molecule has 0 aliphatic carbocycles. The summed E-state index contributed by atoms with van der Waals surface area (Å²) >= 11 is 0. The highest BCUT2D eigenvalue weighted by Crippen LogP contribution is 2.30. The molecule has 3 nitrogen and oxygen atoms in total. The molecule has 1 fully saturated rings. The number of hydrogen-bond acceptors (Lipinski definition) is 2. The Kier molecular flexibility index (Phi) is 4.64. The number of likely N-dealkylation sites (tertiary alicyclic amines) is 1. The number of rotatable bonds is 2. The van der Waals surface area contributed by atoms with Gasteiger partial charge in [-0.1, -0.05) is 25.7 Å². The zero-order valence-electron chi connectivity index (χ0n) is 12.4. The molecule has 1 aliphatic rings. The summed E-state index contributed by atoms with van der Waals surface area (Å²) in [6.07, 6.45) is 1.27. The molecule has 21 heavy (non-hydrogen) atoms. The van der Waals surface area contributed by atoms with Crippen molar-refractivity contribution in [2.45, 2.75) is 26.7 Å². The maximum Gasteiger partial charge on any atom is 0.255 e. The minimum absolute atomic E-state index is 0.0497. The summed E-state index contributed by atoms with van der Waals surface area (Å²) in [6, 6.07) is 4.05. The van der Waals surface area contributed by atoms with E-state index in [-0.39, 0.29) is 17.9 Å². The van der Waals surface area contributed by atoms with Crippen molar-refractivity contribution in [3.63, 3.8) is 0 Å². The van der Waals surface area contributed by atoms with Crippen LogP contribution in [0.4, 0.5) is 4.39 Å². The van der Waals surface area contributed by atoms with Crippen LogP contribution in [0, 0.1) is 23.1 Å². The standard InChI is InChI=1S/C17H20FNO2/c1-17(2)8-9-19(12-17)16(21)15-7-6-14(18)11-13(15)5-3-4-10-20/h6-7,11,20H,4,8-10,12H2,1-2H3. The van der Waals surface area contributed by atoms with Crippen LogP contribution in [0.1, 0.15) is 42.6 Å². The van der Waals surface area contributed by atoms with Gasteiger partial charge in [-0.3, -0.25) is 4.79 Å². The SMILES string of the molecule is CC1(C)CCN(C(=O)c2ccc(F)cc2C#CCCO)C1. The molecule has 0 unspecified atom stereocenters. The van der Waals surface area contributed by atoms with Gasteiger partial charge in [0.25, 0.3) is 5.91 Å². The van der Waals surface area contributed by atoms with E-state index in [1.165, 1.54) is 18.2 Å². The number of carbonyl (C=O) groups excluding carboxylic acids is 1. The Morgan fingerprint density at radius 1 is 1.48 bits per heavy atom. The Balaban J connectivity index is 2.27. The van der Waals surface area contributed by atoms with Gasteiger partial charge in [0.1, 0.15) is 5.82 Å². The molecule has 0 saturated carbocycles. The van der Waals surface area contributed by atoms with E-state index in [2.05, 4.69) is 25.7 Å². The summed E-state index contributed by atoms with van der Waals surface area (Å²) in [5.74, 6) is 5.01. The molecule has 1 aromatic rings. The summed E-state index contributed by atoms with van der Waals surface area (Å²) in [5.41, 5.74) is 0.941. The van der Waals surface area contributed by atoms with Gasteiger partial charge in [-0.2, -0.15) is 0 Å². The molecule has 4 heteroatoms. The van der Waals surface area contributed by atoms with E-state index in [9.17, 15) is 9.18 Å². The lowest BCUT2D eigenvalue weighted by Gasteiger charge is -2.20. The quantitative estimate of drug-likeness (QED) is 0.850. The third kappa shape index (κ3) is 3.83. The summed E-state index contributed by atoms with van der Waals surface area (Å²) < 4.78 is 13.4. The van der Waals surface area contributed by atoms with Crippen molar-refractivity contribution < 1.29 is 14.3 Å². The van der Waals surface area contributed by atoms with Crippen LogP contribution >= 0.6 is 0 Å². The highest BCUT2D eigenvalue weighted by Gasteiger charge is 2.33. The summed E-state index contributed by atoms with van der Waals surface area (Å²) in [7, 11) is 0. The lowest BCUT2D eigenvalue weighted by atomic mass is 9.93. The van der Waals surface area contributed by atoms with Crippen LogP contribution in [0.5, 0.6) is 0 Å². The van der Waals surface area contributed by atoms with Crippen molar-refractivity contribution in [2.75, 3.05) is 19.7 Å². The second kappa shape index (κ2) is 6.28. The van der Waals surface area contributed by atoms with Gasteiger partial charge in [-0.15, -0.1) is 0 Å². The van der Waals surface area contributed by atoms with Gasteiger partial charge in [0.15, 0.2) is 0 Å². The zero-order chi connectivity index (χ0) is 15.5. The first-order valence-corrected chi connectivity index (χ1v) is 7.11. The van der Waals surface area contributed by atoms with E-state index >= 15 is 0 Å². The van der Waals surface area contributed by atoms with Gasteiger partial charge in [0, 0.05) is 25.1 Å². The van der Waals surface area contributed by atoms with Crippen molar-refractivity contribution >= 4 is 5.91 Å². The molecule has 1 saturated heterocycles. The van der Waals surface area contributed by atoms with Crippen LogP contribution < -0.4 is 0 Å². The number of amides is 1. The van der Waals surface area contributed by atoms with Crippen LogP contribution in [0.3, 0.4) is 0 Å². The first-order valence-electron chi connectivity index (χ1n) is 7.11. The molecule has 1 aromatic carbocycles. The fourth-order valence-electron chi connectivity index (χ4n) is 2.48. The predicted molar refractivity (Wildman–Crippen MR) is 79.3 cm³/mol. The van der Waals surface area contributed by atoms with Gasteiger partial charge in [-0.05, 0) is 30.0 Å². The van der Waals surface area contributed by atoms with Crippen molar-refractivity contribution in [3.8, 4) is 11.8 Å². The molecular weight excluding hydrogens is 269 g/mol. The van der Waals surface area contributed by atoms with E-state index in [0.717, 1.165) is 6.42 Å². The monoisotopic (exact) mass is 289 g/mol. The molecule has 0 radical (unpaired) electrons. The number of aliphatic hydroxyl groups is 1. The molecule has 1 aliphatic heterocycles. The largest absolute Gasteiger partial charge is 0.395 e. The van der Waals surface area contributed by atoms with Crippen LogP contribution in [0.15, 0.2) is 18.2 Å². The van der Waals surface area contributed by atoms with Gasteiger partial charge >= 0.3 is 0 Å². The van der Waals surface area contributed by atoms with Gasteiger partial charge in [-0.25, -0.2) is 4.39 Å². The number of benzene rings is 1.